The zero-order valence-corrected chi connectivity index (χ0v) is 14.4. The van der Waals surface area contributed by atoms with Gasteiger partial charge >= 0.3 is 0 Å². The van der Waals surface area contributed by atoms with E-state index >= 15 is 0 Å². The molecule has 0 fully saturated rings. The van der Waals surface area contributed by atoms with Crippen LogP contribution in [-0.4, -0.2) is 23.1 Å². The molecule has 0 atom stereocenters. The van der Waals surface area contributed by atoms with Gasteiger partial charge in [-0.05, 0) is 30.3 Å². The quantitative estimate of drug-likeness (QED) is 0.884. The molecule has 9 heteroatoms. The van der Waals surface area contributed by atoms with Crippen molar-refractivity contribution in [2.75, 3.05) is 11.0 Å². The van der Waals surface area contributed by atoms with E-state index in [-0.39, 0.29) is 25.5 Å². The Bertz CT molecular complexity index is 905. The van der Waals surface area contributed by atoms with Crippen molar-refractivity contribution in [2.24, 2.45) is 0 Å². The van der Waals surface area contributed by atoms with Crippen molar-refractivity contribution in [3.05, 3.63) is 52.5 Å². The third-order valence-electron chi connectivity index (χ3n) is 2.65. The first-order valence-corrected chi connectivity index (χ1v) is 10.0. The first-order valence-electron chi connectivity index (χ1n) is 5.87. The Morgan fingerprint density at radius 2 is 1.36 bits per heavy atom. The molecular formula is C13H11Cl2NO4S2. The lowest BCUT2D eigenvalue weighted by Crippen LogP contribution is -2.16. The molecule has 1 N–H and O–H groups in total. The Kier molecular flexibility index (Phi) is 4.72. The van der Waals surface area contributed by atoms with Crippen LogP contribution in [0, 0.1) is 0 Å². The predicted octanol–water partition coefficient (Wildman–Crippen LogP) is 3.20. The number of halogens is 2. The highest BCUT2D eigenvalue weighted by atomic mass is 35.5. The van der Waals surface area contributed by atoms with Crippen molar-refractivity contribution in [3.8, 4) is 0 Å². The number of anilines is 1. The van der Waals surface area contributed by atoms with Gasteiger partial charge in [0.15, 0.2) is 9.84 Å². The van der Waals surface area contributed by atoms with Crippen LogP contribution in [0.2, 0.25) is 10.0 Å². The van der Waals surface area contributed by atoms with Gasteiger partial charge in [0.25, 0.3) is 10.0 Å². The summed E-state index contributed by atoms with van der Waals surface area (Å²) < 4.78 is 50.6. The molecule has 0 bridgehead atoms. The molecule has 2 aromatic rings. The maximum atomic E-state index is 12.4. The lowest BCUT2D eigenvalue weighted by atomic mass is 10.3. The van der Waals surface area contributed by atoms with Crippen LogP contribution in [0.15, 0.2) is 52.3 Å². The minimum atomic E-state index is -4.11. The highest BCUT2D eigenvalue weighted by Crippen LogP contribution is 2.27. The molecule has 0 unspecified atom stereocenters. The van der Waals surface area contributed by atoms with Gasteiger partial charge in [-0.2, -0.15) is 0 Å². The SMILES string of the molecule is CS(=O)(=O)c1ccccc1S(=O)(=O)Nc1cc(Cl)cc(Cl)c1. The van der Waals surface area contributed by atoms with Gasteiger partial charge in [0.2, 0.25) is 0 Å². The van der Waals surface area contributed by atoms with Gasteiger partial charge in [0, 0.05) is 16.3 Å². The summed E-state index contributed by atoms with van der Waals surface area (Å²) in [5, 5.41) is 0.503. The summed E-state index contributed by atoms with van der Waals surface area (Å²) in [6.45, 7) is 0. The molecule has 0 heterocycles. The van der Waals surface area contributed by atoms with Gasteiger partial charge in [0.05, 0.1) is 10.6 Å². The Balaban J connectivity index is 2.53. The zero-order valence-electron chi connectivity index (χ0n) is 11.2. The molecule has 0 saturated heterocycles. The summed E-state index contributed by atoms with van der Waals surface area (Å²) in [6, 6.07) is 9.52. The topological polar surface area (TPSA) is 80.3 Å². The van der Waals surface area contributed by atoms with E-state index in [1.165, 1.54) is 42.5 Å². The van der Waals surface area contributed by atoms with Crippen molar-refractivity contribution >= 4 is 48.7 Å². The lowest BCUT2D eigenvalue weighted by molar-refractivity contribution is 0.588. The first-order chi connectivity index (χ1) is 10.1. The van der Waals surface area contributed by atoms with Crippen LogP contribution in [0.1, 0.15) is 0 Å². The predicted molar refractivity (Wildman–Crippen MR) is 86.8 cm³/mol. The molecule has 2 aromatic carbocycles. The molecule has 22 heavy (non-hydrogen) atoms. The number of sulfone groups is 1. The largest absolute Gasteiger partial charge is 0.279 e. The van der Waals surface area contributed by atoms with E-state index in [4.69, 9.17) is 23.2 Å². The summed E-state index contributed by atoms with van der Waals surface area (Å²) in [4.78, 5) is -0.621. The first kappa shape index (κ1) is 17.1. The Labute approximate surface area is 138 Å². The van der Waals surface area contributed by atoms with Crippen LogP contribution >= 0.6 is 23.2 Å². The summed E-state index contributed by atoms with van der Waals surface area (Å²) in [6.07, 6.45) is 0.942. The van der Waals surface area contributed by atoms with Gasteiger partial charge in [-0.25, -0.2) is 16.8 Å². The van der Waals surface area contributed by atoms with E-state index in [0.29, 0.717) is 0 Å². The molecule has 0 spiro atoms. The normalized spacial score (nSPS) is 12.1. The minimum absolute atomic E-state index is 0.140. The third-order valence-corrected chi connectivity index (χ3v) is 5.81. The number of nitrogens with one attached hydrogen (secondary N) is 1. The van der Waals surface area contributed by atoms with Crippen molar-refractivity contribution in [1.29, 1.82) is 0 Å². The number of hydrogen-bond acceptors (Lipinski definition) is 4. The molecule has 0 aromatic heterocycles. The van der Waals surface area contributed by atoms with Gasteiger partial charge in [-0.1, -0.05) is 35.3 Å². The van der Waals surface area contributed by atoms with Crippen LogP contribution < -0.4 is 4.72 Å². The maximum Gasteiger partial charge on any atom is 0.263 e. The smallest absolute Gasteiger partial charge is 0.263 e. The van der Waals surface area contributed by atoms with Crippen LogP contribution in [0.5, 0.6) is 0 Å². The monoisotopic (exact) mass is 379 g/mol. The van der Waals surface area contributed by atoms with Gasteiger partial charge < -0.3 is 0 Å². The fourth-order valence-electron chi connectivity index (χ4n) is 1.80. The van der Waals surface area contributed by atoms with Crippen molar-refractivity contribution in [3.63, 3.8) is 0 Å². The second-order valence-electron chi connectivity index (χ2n) is 4.48. The molecule has 5 nitrogen and oxygen atoms in total. The fourth-order valence-corrected chi connectivity index (χ4v) is 5.00. The molecule has 0 aliphatic rings. The minimum Gasteiger partial charge on any atom is -0.279 e. The molecular weight excluding hydrogens is 369 g/mol. The molecule has 0 radical (unpaired) electrons. The van der Waals surface area contributed by atoms with Crippen LogP contribution in [-0.2, 0) is 19.9 Å². The highest BCUT2D eigenvalue weighted by Gasteiger charge is 2.23. The maximum absolute atomic E-state index is 12.4. The summed E-state index contributed by atoms with van der Waals surface area (Å²) >= 11 is 11.6. The molecule has 0 aliphatic carbocycles. The summed E-state index contributed by atoms with van der Waals surface area (Å²) in [5.74, 6) is 0. The van der Waals surface area contributed by atoms with Gasteiger partial charge in [-0.15, -0.1) is 0 Å². The zero-order chi connectivity index (χ0) is 16.5. The number of hydrogen-bond donors (Lipinski definition) is 1. The second-order valence-corrected chi connectivity index (χ2v) is 8.99. The average molecular weight is 380 g/mol. The molecule has 118 valence electrons. The molecule has 0 amide bonds. The Morgan fingerprint density at radius 3 is 1.86 bits per heavy atom. The van der Waals surface area contributed by atoms with E-state index in [1.54, 1.807) is 0 Å². The average Bonchev–Trinajstić information content (AvgIpc) is 2.36. The molecule has 2 rings (SSSR count). The van der Waals surface area contributed by atoms with E-state index in [2.05, 4.69) is 4.72 Å². The van der Waals surface area contributed by atoms with E-state index < -0.39 is 19.9 Å². The van der Waals surface area contributed by atoms with Crippen molar-refractivity contribution < 1.29 is 16.8 Å². The van der Waals surface area contributed by atoms with Crippen LogP contribution in [0.4, 0.5) is 5.69 Å². The van der Waals surface area contributed by atoms with Gasteiger partial charge in [0.1, 0.15) is 4.90 Å². The van der Waals surface area contributed by atoms with E-state index in [0.717, 1.165) is 6.26 Å². The highest BCUT2D eigenvalue weighted by molar-refractivity contribution is 7.95. The Morgan fingerprint density at radius 1 is 0.864 bits per heavy atom. The standard InChI is InChI=1S/C13H11Cl2NO4S2/c1-21(17,18)12-4-2-3-5-13(12)22(19,20)16-11-7-9(14)6-10(15)8-11/h2-8,16H,1H3. The van der Waals surface area contributed by atoms with E-state index in [9.17, 15) is 16.8 Å². The molecule has 0 aliphatic heterocycles. The summed E-state index contributed by atoms with van der Waals surface area (Å²) in [7, 11) is -7.80. The number of benzene rings is 2. The lowest BCUT2D eigenvalue weighted by Gasteiger charge is -2.11. The van der Waals surface area contributed by atoms with E-state index in [1.807, 2.05) is 0 Å². The Hall–Kier alpha value is -1.28. The van der Waals surface area contributed by atoms with Crippen LogP contribution in [0.3, 0.4) is 0 Å². The van der Waals surface area contributed by atoms with Crippen molar-refractivity contribution in [1.82, 2.24) is 0 Å². The summed E-state index contributed by atoms with van der Waals surface area (Å²) in [5.41, 5.74) is 0.140. The second kappa shape index (κ2) is 6.08. The third kappa shape index (κ3) is 3.92. The fraction of sp³-hybridized carbons (Fsp3) is 0.0769. The van der Waals surface area contributed by atoms with Gasteiger partial charge in [-0.3, -0.25) is 4.72 Å². The number of rotatable bonds is 4. The van der Waals surface area contributed by atoms with Crippen LogP contribution in [0.25, 0.3) is 0 Å². The number of sulfonamides is 1. The van der Waals surface area contributed by atoms with Crippen molar-refractivity contribution in [2.45, 2.75) is 9.79 Å². The molecule has 0 saturated carbocycles.